The molecule has 0 spiro atoms. The fraction of sp³-hybridized carbons (Fsp3) is 0.348. The lowest BCUT2D eigenvalue weighted by atomic mass is 10.0. The second kappa shape index (κ2) is 8.93. The lowest BCUT2D eigenvalue weighted by Gasteiger charge is -2.25. The number of benzene rings is 2. The summed E-state index contributed by atoms with van der Waals surface area (Å²) < 4.78 is 10.8. The summed E-state index contributed by atoms with van der Waals surface area (Å²) in [6.07, 6.45) is 2.96. The van der Waals surface area contributed by atoms with Gasteiger partial charge in [-0.25, -0.2) is 0 Å². The van der Waals surface area contributed by atoms with Crippen LogP contribution in [0.3, 0.4) is 0 Å². The van der Waals surface area contributed by atoms with Gasteiger partial charge in [0, 0.05) is 23.6 Å². The molecule has 5 nitrogen and oxygen atoms in total. The van der Waals surface area contributed by atoms with Crippen molar-refractivity contribution in [3.63, 3.8) is 0 Å². The zero-order chi connectivity index (χ0) is 20.1. The van der Waals surface area contributed by atoms with Crippen LogP contribution < -0.4 is 10.1 Å². The first-order valence-corrected chi connectivity index (χ1v) is 9.58. The lowest BCUT2D eigenvalue weighted by molar-refractivity contribution is -0.120. The molecule has 1 aromatic heterocycles. The number of hydrogen-bond acceptors (Lipinski definition) is 4. The number of methoxy groups -OCH3 is 1. The number of amides is 1. The average molecular weight is 380 g/mol. The molecule has 0 unspecified atom stereocenters. The lowest BCUT2D eigenvalue weighted by Crippen LogP contribution is -2.35. The van der Waals surface area contributed by atoms with E-state index in [0.717, 1.165) is 28.7 Å². The first-order chi connectivity index (χ1) is 13.5. The molecule has 1 atom stereocenters. The molecule has 148 valence electrons. The van der Waals surface area contributed by atoms with E-state index in [0.29, 0.717) is 6.54 Å². The van der Waals surface area contributed by atoms with Gasteiger partial charge in [-0.05, 0) is 43.8 Å². The highest BCUT2D eigenvalue weighted by molar-refractivity contribution is 5.88. The Morgan fingerprint density at radius 3 is 2.57 bits per heavy atom. The number of rotatable bonds is 8. The summed E-state index contributed by atoms with van der Waals surface area (Å²) in [6.45, 7) is 2.70. The summed E-state index contributed by atoms with van der Waals surface area (Å²) in [5.41, 5.74) is 4.12. The molecule has 0 fully saturated rings. The molecule has 0 radical (unpaired) electrons. The van der Waals surface area contributed by atoms with Crippen molar-refractivity contribution in [2.45, 2.75) is 25.8 Å². The maximum Gasteiger partial charge on any atom is 0.224 e. The molecule has 0 bridgehead atoms. The summed E-state index contributed by atoms with van der Waals surface area (Å²) >= 11 is 0. The summed E-state index contributed by atoms with van der Waals surface area (Å²) in [4.78, 5) is 14.7. The predicted octanol–water partition coefficient (Wildman–Crippen LogP) is 3.97. The van der Waals surface area contributed by atoms with E-state index in [4.69, 9.17) is 9.15 Å². The van der Waals surface area contributed by atoms with Crippen LogP contribution in [0.25, 0.3) is 11.0 Å². The van der Waals surface area contributed by atoms with Crippen LogP contribution in [-0.2, 0) is 17.6 Å². The number of furan rings is 1. The fourth-order valence-corrected chi connectivity index (χ4v) is 3.35. The minimum Gasteiger partial charge on any atom is -0.497 e. The number of likely N-dealkylation sites (N-methyl/N-ethyl adjacent to an activating group) is 1. The number of carbonyl (C=O) groups is 1. The Morgan fingerprint density at radius 1 is 1.18 bits per heavy atom. The van der Waals surface area contributed by atoms with Crippen LogP contribution in [0.4, 0.5) is 0 Å². The van der Waals surface area contributed by atoms with Crippen LogP contribution >= 0.6 is 0 Å². The molecule has 0 saturated carbocycles. The van der Waals surface area contributed by atoms with E-state index >= 15 is 0 Å². The summed E-state index contributed by atoms with van der Waals surface area (Å²) in [7, 11) is 5.68. The fourth-order valence-electron chi connectivity index (χ4n) is 3.35. The quantitative estimate of drug-likeness (QED) is 0.643. The van der Waals surface area contributed by atoms with Crippen molar-refractivity contribution in [2.75, 3.05) is 27.7 Å². The van der Waals surface area contributed by atoms with Gasteiger partial charge in [-0.2, -0.15) is 0 Å². The van der Waals surface area contributed by atoms with E-state index in [1.165, 1.54) is 11.1 Å². The third-order valence-electron chi connectivity index (χ3n) is 5.10. The van der Waals surface area contributed by atoms with Crippen molar-refractivity contribution >= 4 is 16.9 Å². The summed E-state index contributed by atoms with van der Waals surface area (Å²) in [6, 6.07) is 14.4. The molecule has 1 heterocycles. The van der Waals surface area contributed by atoms with Gasteiger partial charge in [0.1, 0.15) is 11.3 Å². The number of fused-ring (bicyclic) bond motifs is 1. The van der Waals surface area contributed by atoms with Crippen molar-refractivity contribution in [1.82, 2.24) is 10.2 Å². The SMILES string of the molecule is CCc1ccc([C@H](CNC(=O)Cc2coc3cc(OC)ccc23)N(C)C)cc1. The van der Waals surface area contributed by atoms with E-state index in [9.17, 15) is 4.79 Å². The number of aryl methyl sites for hydroxylation is 1. The zero-order valence-corrected chi connectivity index (χ0v) is 17.0. The maximum atomic E-state index is 12.5. The number of ether oxygens (including phenoxy) is 1. The van der Waals surface area contributed by atoms with E-state index < -0.39 is 0 Å². The van der Waals surface area contributed by atoms with Crippen LogP contribution in [0, 0.1) is 0 Å². The second-order valence-corrected chi connectivity index (χ2v) is 7.18. The Labute approximate surface area is 166 Å². The van der Waals surface area contributed by atoms with Gasteiger partial charge in [-0.1, -0.05) is 31.2 Å². The summed E-state index contributed by atoms with van der Waals surface area (Å²) in [5, 5.41) is 4.01. The van der Waals surface area contributed by atoms with Gasteiger partial charge in [0.25, 0.3) is 0 Å². The zero-order valence-electron chi connectivity index (χ0n) is 17.0. The van der Waals surface area contributed by atoms with Gasteiger partial charge in [-0.15, -0.1) is 0 Å². The normalized spacial score (nSPS) is 12.3. The third kappa shape index (κ3) is 4.54. The predicted molar refractivity (Wildman–Crippen MR) is 112 cm³/mol. The molecule has 28 heavy (non-hydrogen) atoms. The highest BCUT2D eigenvalue weighted by Gasteiger charge is 2.17. The van der Waals surface area contributed by atoms with Crippen LogP contribution in [0.1, 0.15) is 29.7 Å². The monoisotopic (exact) mass is 380 g/mol. The third-order valence-corrected chi connectivity index (χ3v) is 5.10. The Morgan fingerprint density at radius 2 is 1.93 bits per heavy atom. The molecular formula is C23H28N2O3. The highest BCUT2D eigenvalue weighted by Crippen LogP contribution is 2.26. The van der Waals surface area contributed by atoms with E-state index in [1.807, 2.05) is 32.3 Å². The van der Waals surface area contributed by atoms with Gasteiger partial charge in [0.2, 0.25) is 5.91 Å². The van der Waals surface area contributed by atoms with Crippen LogP contribution in [-0.4, -0.2) is 38.6 Å². The Balaban J connectivity index is 1.65. The van der Waals surface area contributed by atoms with Crippen LogP contribution in [0.15, 0.2) is 53.1 Å². The molecule has 3 rings (SSSR count). The molecular weight excluding hydrogens is 352 g/mol. The second-order valence-electron chi connectivity index (χ2n) is 7.18. The molecule has 5 heteroatoms. The van der Waals surface area contributed by atoms with Gasteiger partial charge in [0.05, 0.1) is 25.8 Å². The molecule has 0 aliphatic heterocycles. The molecule has 0 aliphatic carbocycles. The van der Waals surface area contributed by atoms with Gasteiger partial charge in [0.15, 0.2) is 0 Å². The van der Waals surface area contributed by atoms with E-state index in [2.05, 4.69) is 41.4 Å². The van der Waals surface area contributed by atoms with Crippen molar-refractivity contribution in [3.05, 3.63) is 65.4 Å². The van der Waals surface area contributed by atoms with E-state index in [-0.39, 0.29) is 18.4 Å². The first kappa shape index (κ1) is 20.0. The van der Waals surface area contributed by atoms with Crippen molar-refractivity contribution < 1.29 is 13.9 Å². The molecule has 1 N–H and O–H groups in total. The smallest absolute Gasteiger partial charge is 0.224 e. The minimum atomic E-state index is -0.0180. The molecule has 0 saturated heterocycles. The largest absolute Gasteiger partial charge is 0.497 e. The van der Waals surface area contributed by atoms with E-state index in [1.54, 1.807) is 13.4 Å². The van der Waals surface area contributed by atoms with Crippen LogP contribution in [0.2, 0.25) is 0 Å². The van der Waals surface area contributed by atoms with Gasteiger partial charge in [-0.3, -0.25) is 4.79 Å². The van der Waals surface area contributed by atoms with Gasteiger partial charge >= 0.3 is 0 Å². The number of carbonyl (C=O) groups excluding carboxylic acids is 1. The highest BCUT2D eigenvalue weighted by atomic mass is 16.5. The Bertz CT molecular complexity index is 929. The average Bonchev–Trinajstić information content (AvgIpc) is 3.10. The standard InChI is InChI=1S/C23H28N2O3/c1-5-16-6-8-17(9-7-16)21(25(2)3)14-24-23(26)12-18-15-28-22-13-19(27-4)10-11-20(18)22/h6-11,13,15,21H,5,12,14H2,1-4H3,(H,24,26)/t21-/m0/s1. The molecule has 1 amide bonds. The number of nitrogens with one attached hydrogen (secondary N) is 1. The van der Waals surface area contributed by atoms with Gasteiger partial charge < -0.3 is 19.4 Å². The number of hydrogen-bond donors (Lipinski definition) is 1. The maximum absolute atomic E-state index is 12.5. The number of nitrogens with zero attached hydrogens (tertiary/aromatic N) is 1. The molecule has 2 aromatic carbocycles. The molecule has 0 aliphatic rings. The topological polar surface area (TPSA) is 54.7 Å². The Kier molecular flexibility index (Phi) is 6.37. The Hall–Kier alpha value is -2.79. The first-order valence-electron chi connectivity index (χ1n) is 9.58. The minimum absolute atomic E-state index is 0.0180. The summed E-state index contributed by atoms with van der Waals surface area (Å²) in [5.74, 6) is 0.719. The van der Waals surface area contributed by atoms with Crippen molar-refractivity contribution in [1.29, 1.82) is 0 Å². The van der Waals surface area contributed by atoms with Crippen LogP contribution in [0.5, 0.6) is 5.75 Å². The van der Waals surface area contributed by atoms with Crippen molar-refractivity contribution in [2.24, 2.45) is 0 Å². The van der Waals surface area contributed by atoms with Crippen molar-refractivity contribution in [3.8, 4) is 5.75 Å². The molecule has 3 aromatic rings.